The number of ether oxygens (including phenoxy) is 1. The maximum absolute atomic E-state index is 12.6. The van der Waals surface area contributed by atoms with Gasteiger partial charge in [-0.3, -0.25) is 19.6 Å². The maximum atomic E-state index is 12.6. The molecule has 0 saturated carbocycles. The molecule has 1 saturated heterocycles. The number of piperidine rings is 1. The van der Waals surface area contributed by atoms with Gasteiger partial charge in [-0.2, -0.15) is 18.3 Å². The summed E-state index contributed by atoms with van der Waals surface area (Å²) in [6.07, 6.45) is -0.676. The molecule has 2 aromatic rings. The Morgan fingerprint density at radius 2 is 2.14 bits per heavy atom. The van der Waals surface area contributed by atoms with Crippen molar-refractivity contribution in [3.8, 4) is 5.88 Å². The third-order valence-corrected chi connectivity index (χ3v) is 4.21. The van der Waals surface area contributed by atoms with Gasteiger partial charge >= 0.3 is 11.9 Å². The van der Waals surface area contributed by atoms with Gasteiger partial charge in [-0.05, 0) is 18.9 Å². The van der Waals surface area contributed by atoms with Crippen LogP contribution in [0.3, 0.4) is 0 Å². The molecule has 28 heavy (non-hydrogen) atoms. The van der Waals surface area contributed by atoms with Gasteiger partial charge in [-0.25, -0.2) is 4.98 Å². The molecule has 1 aliphatic heterocycles. The summed E-state index contributed by atoms with van der Waals surface area (Å²) in [5, 5.41) is 14.4. The van der Waals surface area contributed by atoms with Crippen LogP contribution < -0.4 is 4.74 Å². The van der Waals surface area contributed by atoms with Crippen LogP contribution in [-0.4, -0.2) is 49.7 Å². The number of pyridine rings is 1. The standard InChI is InChI=1S/C16H16F3N5O4/c17-16(18,19)11-3-4-14(20-6-11)28-13-2-1-5-22(9-13)15(25)10-23-8-12(7-21-23)24(26)27/h3-4,6-8,13H,1-2,5,9-10H2. The fraction of sp³-hybridized carbons (Fsp3) is 0.438. The van der Waals surface area contributed by atoms with Crippen molar-refractivity contribution in [2.24, 2.45) is 0 Å². The molecule has 12 heteroatoms. The third kappa shape index (κ3) is 4.75. The largest absolute Gasteiger partial charge is 0.472 e. The van der Waals surface area contributed by atoms with Gasteiger partial charge in [-0.15, -0.1) is 0 Å². The Hall–Kier alpha value is -3.18. The highest BCUT2D eigenvalue weighted by Crippen LogP contribution is 2.29. The van der Waals surface area contributed by atoms with E-state index < -0.39 is 22.8 Å². The van der Waals surface area contributed by atoms with Crippen molar-refractivity contribution in [3.63, 3.8) is 0 Å². The fourth-order valence-electron chi connectivity index (χ4n) is 2.82. The van der Waals surface area contributed by atoms with Crippen molar-refractivity contribution in [1.29, 1.82) is 0 Å². The number of carbonyl (C=O) groups is 1. The molecule has 1 unspecified atom stereocenters. The molecule has 1 aliphatic rings. The van der Waals surface area contributed by atoms with Gasteiger partial charge in [0.25, 0.3) is 0 Å². The minimum Gasteiger partial charge on any atom is -0.472 e. The molecule has 3 rings (SSSR count). The average Bonchev–Trinajstić information content (AvgIpc) is 3.10. The first-order chi connectivity index (χ1) is 13.2. The van der Waals surface area contributed by atoms with Crippen molar-refractivity contribution in [2.75, 3.05) is 13.1 Å². The predicted molar refractivity (Wildman–Crippen MR) is 88.4 cm³/mol. The number of aromatic nitrogens is 3. The molecule has 0 radical (unpaired) electrons. The minimum atomic E-state index is -4.47. The SMILES string of the molecule is O=C(Cn1cc([N+](=O)[O-])cn1)N1CCCC(Oc2ccc(C(F)(F)F)cn2)C1. The van der Waals surface area contributed by atoms with Crippen LogP contribution >= 0.6 is 0 Å². The van der Waals surface area contributed by atoms with Gasteiger partial charge in [0.15, 0.2) is 0 Å². The number of rotatable bonds is 5. The van der Waals surface area contributed by atoms with Crippen LogP contribution in [0.5, 0.6) is 5.88 Å². The van der Waals surface area contributed by atoms with Crippen molar-refractivity contribution < 1.29 is 27.6 Å². The molecule has 0 spiro atoms. The van der Waals surface area contributed by atoms with E-state index in [0.717, 1.165) is 18.3 Å². The van der Waals surface area contributed by atoms with Crippen LogP contribution in [0.2, 0.25) is 0 Å². The summed E-state index contributed by atoms with van der Waals surface area (Å²) in [6.45, 7) is 0.576. The van der Waals surface area contributed by atoms with Crippen LogP contribution in [-0.2, 0) is 17.5 Å². The van der Waals surface area contributed by atoms with Gasteiger partial charge in [-0.1, -0.05) is 0 Å². The monoisotopic (exact) mass is 399 g/mol. The zero-order chi connectivity index (χ0) is 20.3. The molecule has 3 heterocycles. The van der Waals surface area contributed by atoms with Crippen molar-refractivity contribution >= 4 is 11.6 Å². The fourth-order valence-corrected chi connectivity index (χ4v) is 2.82. The number of hydrogen-bond acceptors (Lipinski definition) is 6. The zero-order valence-corrected chi connectivity index (χ0v) is 14.5. The van der Waals surface area contributed by atoms with E-state index in [4.69, 9.17) is 4.74 Å². The van der Waals surface area contributed by atoms with Crippen LogP contribution in [0.15, 0.2) is 30.7 Å². The number of carbonyl (C=O) groups excluding carboxylic acids is 1. The second-order valence-electron chi connectivity index (χ2n) is 6.26. The number of halogens is 3. The molecule has 0 aromatic carbocycles. The predicted octanol–water partition coefficient (Wildman–Crippen LogP) is 2.28. The number of amides is 1. The summed E-state index contributed by atoms with van der Waals surface area (Å²) >= 11 is 0. The van der Waals surface area contributed by atoms with Crippen LogP contribution in [0.1, 0.15) is 18.4 Å². The molecule has 150 valence electrons. The molecule has 1 amide bonds. The second kappa shape index (κ2) is 7.82. The lowest BCUT2D eigenvalue weighted by atomic mass is 10.1. The number of likely N-dealkylation sites (tertiary alicyclic amines) is 1. The molecule has 1 atom stereocenters. The quantitative estimate of drug-likeness (QED) is 0.564. The van der Waals surface area contributed by atoms with Crippen LogP contribution in [0.4, 0.5) is 18.9 Å². The zero-order valence-electron chi connectivity index (χ0n) is 14.5. The average molecular weight is 399 g/mol. The molecule has 0 bridgehead atoms. The summed E-state index contributed by atoms with van der Waals surface area (Å²) in [4.78, 5) is 27.7. The van der Waals surface area contributed by atoms with E-state index in [1.165, 1.54) is 15.8 Å². The van der Waals surface area contributed by atoms with Crippen molar-refractivity contribution in [2.45, 2.75) is 31.7 Å². The van der Waals surface area contributed by atoms with Gasteiger partial charge in [0, 0.05) is 18.8 Å². The van der Waals surface area contributed by atoms with Crippen LogP contribution in [0.25, 0.3) is 0 Å². The second-order valence-corrected chi connectivity index (χ2v) is 6.26. The molecular formula is C16H16F3N5O4. The summed E-state index contributed by atoms with van der Waals surface area (Å²) in [5.41, 5.74) is -1.07. The Balaban J connectivity index is 1.57. The number of nitro groups is 1. The van der Waals surface area contributed by atoms with E-state index >= 15 is 0 Å². The van der Waals surface area contributed by atoms with Gasteiger partial charge in [0.2, 0.25) is 11.8 Å². The van der Waals surface area contributed by atoms with Crippen LogP contribution in [0, 0.1) is 10.1 Å². The summed E-state index contributed by atoms with van der Waals surface area (Å²) in [6, 6.07) is 2.03. The Labute approximate surface area is 156 Å². The number of alkyl halides is 3. The van der Waals surface area contributed by atoms with Crippen molar-refractivity contribution in [1.82, 2.24) is 19.7 Å². The molecule has 9 nitrogen and oxygen atoms in total. The molecule has 0 aliphatic carbocycles. The van der Waals surface area contributed by atoms with Gasteiger partial charge < -0.3 is 9.64 Å². The summed E-state index contributed by atoms with van der Waals surface area (Å²) < 4.78 is 44.5. The highest BCUT2D eigenvalue weighted by molar-refractivity contribution is 5.76. The van der Waals surface area contributed by atoms with Crippen molar-refractivity contribution in [3.05, 3.63) is 46.4 Å². The van der Waals surface area contributed by atoms with E-state index in [1.54, 1.807) is 0 Å². The maximum Gasteiger partial charge on any atom is 0.417 e. The van der Waals surface area contributed by atoms with E-state index in [9.17, 15) is 28.1 Å². The topological polar surface area (TPSA) is 103 Å². The molecule has 2 aromatic heterocycles. The lowest BCUT2D eigenvalue weighted by Gasteiger charge is -2.32. The Morgan fingerprint density at radius 1 is 1.36 bits per heavy atom. The first kappa shape index (κ1) is 19.6. The Bertz CT molecular complexity index is 853. The molecule has 1 fully saturated rings. The van der Waals surface area contributed by atoms with Gasteiger partial charge in [0.1, 0.15) is 25.0 Å². The van der Waals surface area contributed by atoms with E-state index in [-0.39, 0.29) is 30.6 Å². The number of nitrogens with zero attached hydrogens (tertiary/aromatic N) is 5. The molecule has 0 N–H and O–H groups in total. The summed E-state index contributed by atoms with van der Waals surface area (Å²) in [5.74, 6) is -0.235. The third-order valence-electron chi connectivity index (χ3n) is 4.21. The normalized spacial score (nSPS) is 17.4. The smallest absolute Gasteiger partial charge is 0.417 e. The highest BCUT2D eigenvalue weighted by atomic mass is 19.4. The number of hydrogen-bond donors (Lipinski definition) is 0. The minimum absolute atomic E-state index is 0.0509. The van der Waals surface area contributed by atoms with E-state index in [2.05, 4.69) is 10.1 Å². The summed E-state index contributed by atoms with van der Waals surface area (Å²) in [7, 11) is 0. The first-order valence-corrected chi connectivity index (χ1v) is 8.37. The molecular weight excluding hydrogens is 383 g/mol. The highest BCUT2D eigenvalue weighted by Gasteiger charge is 2.31. The lowest BCUT2D eigenvalue weighted by Crippen LogP contribution is -2.45. The first-order valence-electron chi connectivity index (χ1n) is 8.37. The Kier molecular flexibility index (Phi) is 5.47. The van der Waals surface area contributed by atoms with E-state index in [0.29, 0.717) is 25.6 Å². The Morgan fingerprint density at radius 3 is 2.75 bits per heavy atom. The lowest BCUT2D eigenvalue weighted by molar-refractivity contribution is -0.385. The van der Waals surface area contributed by atoms with Gasteiger partial charge in [0.05, 0.1) is 17.0 Å². The van der Waals surface area contributed by atoms with E-state index in [1.807, 2.05) is 0 Å².